The molecule has 358 valence electrons. The first kappa shape index (κ1) is 51.1. The van der Waals surface area contributed by atoms with Gasteiger partial charge in [-0.3, -0.25) is 0 Å². The summed E-state index contributed by atoms with van der Waals surface area (Å²) >= 11 is 0. The zero-order chi connectivity index (χ0) is 45.6. The molecule has 5 rings (SSSR count). The fourth-order valence-electron chi connectivity index (χ4n) is 10.1. The fraction of sp³-hybridized carbons (Fsp3) is 0.706. The second-order valence-electron chi connectivity index (χ2n) is 18.0. The van der Waals surface area contributed by atoms with Gasteiger partial charge in [0.2, 0.25) is 12.1 Å². The van der Waals surface area contributed by atoms with Crippen LogP contribution in [0.15, 0.2) is 60.3 Å². The number of amides is 2. The van der Waals surface area contributed by atoms with E-state index < -0.39 is 36.2 Å². The molecule has 1 aromatic carbocycles. The summed E-state index contributed by atoms with van der Waals surface area (Å²) in [6, 6.07) is 4.78. The zero-order valence-corrected chi connectivity index (χ0v) is 39.0. The van der Waals surface area contributed by atoms with Gasteiger partial charge in [0.15, 0.2) is 0 Å². The van der Waals surface area contributed by atoms with Crippen LogP contribution in [0.2, 0.25) is 0 Å². The van der Waals surface area contributed by atoms with Gasteiger partial charge in [0.1, 0.15) is 17.5 Å². The number of unbranched alkanes of at least 4 members (excludes halogenated alkanes) is 11. The Kier molecular flexibility index (Phi) is 22.0. The first-order chi connectivity index (χ1) is 31.3. The number of rotatable bonds is 29. The van der Waals surface area contributed by atoms with Gasteiger partial charge < -0.3 is 49.0 Å². The normalized spacial score (nSPS) is 25.2. The average Bonchev–Trinajstić information content (AvgIpc) is 3.30. The summed E-state index contributed by atoms with van der Waals surface area (Å²) in [5, 5.41) is 27.6. The van der Waals surface area contributed by atoms with E-state index in [0.717, 1.165) is 75.3 Å². The van der Waals surface area contributed by atoms with Crippen molar-refractivity contribution in [3.05, 3.63) is 60.7 Å². The Morgan fingerprint density at radius 2 is 1.69 bits per heavy atom. The van der Waals surface area contributed by atoms with E-state index in [1.165, 1.54) is 44.9 Å². The lowest BCUT2D eigenvalue weighted by Gasteiger charge is -2.59. The zero-order valence-electron chi connectivity index (χ0n) is 39.0. The van der Waals surface area contributed by atoms with Crippen LogP contribution in [0.4, 0.5) is 9.59 Å². The number of nitrogens with one attached hydrogen (secondary N) is 1. The number of aliphatic hydroxyl groups is 2. The molecule has 1 unspecified atom stereocenters. The van der Waals surface area contributed by atoms with Crippen LogP contribution in [0.5, 0.6) is 11.5 Å². The summed E-state index contributed by atoms with van der Waals surface area (Å²) < 4.78 is 31.8. The number of benzene rings is 1. The molecule has 13 heteroatoms. The van der Waals surface area contributed by atoms with E-state index in [2.05, 4.69) is 31.5 Å². The average molecular weight is 894 g/mol. The van der Waals surface area contributed by atoms with Gasteiger partial charge in [0, 0.05) is 51.1 Å². The number of oxime groups is 1. The number of nitrogens with zero attached hydrogens (tertiary/aromatic N) is 2. The molecule has 0 spiro atoms. The van der Waals surface area contributed by atoms with Crippen molar-refractivity contribution >= 4 is 17.9 Å². The number of carbonyl (C=O) groups excluding carboxylic acids is 2. The molecule has 2 amide bonds. The molecule has 2 fully saturated rings. The van der Waals surface area contributed by atoms with E-state index in [0.29, 0.717) is 49.6 Å². The van der Waals surface area contributed by atoms with Crippen LogP contribution < -0.4 is 14.8 Å². The standard InChI is InChI=1S/C51H79N3O10/c1-5-8-10-11-12-13-14-15-16-20-29-52-49(57)62-39-27-28-44-42(36-39)47-40(25-18-22-31-56)38(24-17-21-30-55)35-41-43(53-64-46-26-19-23-34-59-46)37-45(54(4)50(58)60-33-9-6-2)51(63-44,48(41)47)61-32-7-3/h6-7,27-28,35-36,38,40,45-48,55-56H,2-3,5,8-26,29-34,37H2,1,4H3,(H,52,57)/t38-,40+,45-,46?,47+,48+,51+/m0/s1. The highest BCUT2D eigenvalue weighted by Crippen LogP contribution is 2.62. The summed E-state index contributed by atoms with van der Waals surface area (Å²) in [7, 11) is 1.70. The quantitative estimate of drug-likeness (QED) is 0.0402. The topological polar surface area (TPSA) is 158 Å². The monoisotopic (exact) mass is 894 g/mol. The van der Waals surface area contributed by atoms with Gasteiger partial charge in [-0.2, -0.15) is 0 Å². The van der Waals surface area contributed by atoms with E-state index in [1.54, 1.807) is 30.2 Å². The fourth-order valence-corrected chi connectivity index (χ4v) is 10.1. The Morgan fingerprint density at radius 1 is 0.953 bits per heavy atom. The van der Waals surface area contributed by atoms with Crippen LogP contribution in [0.3, 0.4) is 0 Å². The summed E-state index contributed by atoms with van der Waals surface area (Å²) in [6.07, 6.45) is 24.2. The van der Waals surface area contributed by atoms with Crippen molar-refractivity contribution < 1.29 is 48.3 Å². The predicted molar refractivity (Wildman–Crippen MR) is 249 cm³/mol. The van der Waals surface area contributed by atoms with Crippen molar-refractivity contribution in [3.63, 3.8) is 0 Å². The molecule has 3 N–H and O–H groups in total. The lowest BCUT2D eigenvalue weighted by Crippen LogP contribution is -2.69. The molecular weight excluding hydrogens is 815 g/mol. The van der Waals surface area contributed by atoms with Crippen LogP contribution in [-0.4, -0.2) is 97.8 Å². The molecule has 4 aliphatic rings. The maximum absolute atomic E-state index is 13.9. The minimum absolute atomic E-state index is 0.0150. The van der Waals surface area contributed by atoms with Crippen LogP contribution in [-0.2, 0) is 19.0 Å². The molecule has 7 atom stereocenters. The number of carbonyl (C=O) groups is 2. The first-order valence-corrected chi connectivity index (χ1v) is 24.6. The van der Waals surface area contributed by atoms with Crippen molar-refractivity contribution in [1.29, 1.82) is 0 Å². The lowest BCUT2D eigenvalue weighted by molar-refractivity contribution is -0.254. The molecule has 64 heavy (non-hydrogen) atoms. The highest BCUT2D eigenvalue weighted by atomic mass is 16.8. The number of aliphatic hydroxyl groups excluding tert-OH is 2. The van der Waals surface area contributed by atoms with Crippen molar-refractivity contribution in [2.24, 2.45) is 22.9 Å². The van der Waals surface area contributed by atoms with E-state index in [-0.39, 0.29) is 50.6 Å². The molecule has 1 saturated heterocycles. The molecule has 13 nitrogen and oxygen atoms in total. The van der Waals surface area contributed by atoms with Gasteiger partial charge >= 0.3 is 12.2 Å². The van der Waals surface area contributed by atoms with Crippen LogP contribution >= 0.6 is 0 Å². The Hall–Kier alpha value is -3.91. The van der Waals surface area contributed by atoms with E-state index in [4.69, 9.17) is 33.7 Å². The van der Waals surface area contributed by atoms with Gasteiger partial charge in [-0.1, -0.05) is 101 Å². The number of hydrogen-bond donors (Lipinski definition) is 3. The number of hydrogen-bond acceptors (Lipinski definition) is 11. The second-order valence-corrected chi connectivity index (χ2v) is 18.0. The summed E-state index contributed by atoms with van der Waals surface area (Å²) in [6.45, 7) is 11.6. The molecule has 1 aromatic rings. The number of ether oxygens (including phenoxy) is 5. The van der Waals surface area contributed by atoms with Crippen LogP contribution in [0.25, 0.3) is 0 Å². The Morgan fingerprint density at radius 3 is 2.38 bits per heavy atom. The first-order valence-electron chi connectivity index (χ1n) is 24.6. The molecule has 0 aromatic heterocycles. The summed E-state index contributed by atoms with van der Waals surface area (Å²) in [5.74, 6) is -1.18. The van der Waals surface area contributed by atoms with Gasteiger partial charge in [0.05, 0.1) is 31.5 Å². The minimum Gasteiger partial charge on any atom is -0.459 e. The molecule has 2 aliphatic heterocycles. The minimum atomic E-state index is -1.43. The number of fused-ring (bicyclic) bond motifs is 2. The predicted octanol–water partition coefficient (Wildman–Crippen LogP) is 10.5. The van der Waals surface area contributed by atoms with Gasteiger partial charge in [0.25, 0.3) is 0 Å². The summed E-state index contributed by atoms with van der Waals surface area (Å²) in [4.78, 5) is 34.9. The van der Waals surface area contributed by atoms with Gasteiger partial charge in [-0.25, -0.2) is 9.59 Å². The molecular formula is C51H79N3O10. The highest BCUT2D eigenvalue weighted by molar-refractivity contribution is 6.03. The summed E-state index contributed by atoms with van der Waals surface area (Å²) in [5.41, 5.74) is 2.44. The third kappa shape index (κ3) is 14.0. The maximum Gasteiger partial charge on any atom is 0.412 e. The van der Waals surface area contributed by atoms with Crippen molar-refractivity contribution in [1.82, 2.24) is 10.2 Å². The molecule has 0 bridgehead atoms. The smallest absolute Gasteiger partial charge is 0.412 e. The van der Waals surface area contributed by atoms with Crippen molar-refractivity contribution in [3.8, 4) is 11.5 Å². The Bertz CT molecular complexity index is 1660. The highest BCUT2D eigenvalue weighted by Gasteiger charge is 2.65. The largest absolute Gasteiger partial charge is 0.459 e. The van der Waals surface area contributed by atoms with Gasteiger partial charge in [-0.15, -0.1) is 13.2 Å². The Balaban J connectivity index is 1.51. The Labute approximate surface area is 383 Å². The molecule has 0 radical (unpaired) electrons. The maximum atomic E-state index is 13.9. The molecule has 1 saturated carbocycles. The van der Waals surface area contributed by atoms with E-state index >= 15 is 0 Å². The molecule has 2 heterocycles. The van der Waals surface area contributed by atoms with Crippen LogP contribution in [0, 0.1) is 17.8 Å². The SMILES string of the molecule is C=CCCOC(=O)N(C)[C@H]1CC(=NOC2CCCCO2)C2=C[C@H](CCCCO)[C@@H](CCCCO)[C@@H]3c4cc(OC(=O)NCCCCCCCCCCCC)ccc4O[C@@]1(OCC=C)[C@H]23. The number of likely N-dealkylation sites (N-methyl/N-ethyl adjacent to an activating group) is 1. The second kappa shape index (κ2) is 27.5. The van der Waals surface area contributed by atoms with Gasteiger partial charge in [-0.05, 0) is 87.0 Å². The number of allylic oxidation sites excluding steroid dienone is 1. The molecule has 2 aliphatic carbocycles. The van der Waals surface area contributed by atoms with Crippen molar-refractivity contribution in [2.45, 2.75) is 166 Å². The van der Waals surface area contributed by atoms with Crippen molar-refractivity contribution in [2.75, 3.05) is 46.6 Å². The van der Waals surface area contributed by atoms with E-state index in [9.17, 15) is 19.8 Å². The van der Waals surface area contributed by atoms with E-state index in [1.807, 2.05) is 12.1 Å². The van der Waals surface area contributed by atoms with Crippen LogP contribution in [0.1, 0.15) is 153 Å². The lowest BCUT2D eigenvalue weighted by atomic mass is 9.55. The third-order valence-corrected chi connectivity index (χ3v) is 13.4. The third-order valence-electron chi connectivity index (χ3n) is 13.4.